The molecule has 0 bridgehead atoms. The molecule has 0 aromatic carbocycles. The van der Waals surface area contributed by atoms with Crippen LogP contribution in [0.4, 0.5) is 0 Å². The van der Waals surface area contributed by atoms with Crippen molar-refractivity contribution in [3.05, 3.63) is 46.0 Å². The summed E-state index contributed by atoms with van der Waals surface area (Å²) in [6.07, 6.45) is -0.0337. The first-order chi connectivity index (χ1) is 12.0. The molecule has 8 nitrogen and oxygen atoms in total. The minimum absolute atomic E-state index is 0.0337. The average Bonchev–Trinajstić information content (AvgIpc) is 2.57. The fraction of sp³-hybridized carbons (Fsp3) is 0.412. The van der Waals surface area contributed by atoms with Crippen LogP contribution in [0.5, 0.6) is 0 Å². The number of aromatic nitrogens is 2. The van der Waals surface area contributed by atoms with Gasteiger partial charge in [0.1, 0.15) is 11.7 Å². The van der Waals surface area contributed by atoms with Crippen LogP contribution in [0.15, 0.2) is 29.1 Å². The van der Waals surface area contributed by atoms with Crippen molar-refractivity contribution in [2.45, 2.75) is 25.9 Å². The van der Waals surface area contributed by atoms with Gasteiger partial charge in [0, 0.05) is 31.4 Å². The summed E-state index contributed by atoms with van der Waals surface area (Å²) in [5.41, 5.74) is 1.78. The summed E-state index contributed by atoms with van der Waals surface area (Å²) >= 11 is 0. The third-order valence-electron chi connectivity index (χ3n) is 4.33. The number of nitrogens with one attached hydrogen (secondary N) is 1. The number of piperazine rings is 1. The topological polar surface area (TPSA) is 93.0 Å². The Morgan fingerprint density at radius 1 is 1.40 bits per heavy atom. The Labute approximate surface area is 144 Å². The summed E-state index contributed by atoms with van der Waals surface area (Å²) in [6, 6.07) is 6.31. The molecular weight excluding hydrogens is 324 g/mol. The summed E-state index contributed by atoms with van der Waals surface area (Å²) in [5, 5.41) is 2.75. The summed E-state index contributed by atoms with van der Waals surface area (Å²) in [6.45, 7) is 3.22. The molecular formula is C17H20N4O4. The van der Waals surface area contributed by atoms with Gasteiger partial charge in [0.05, 0.1) is 19.2 Å². The number of rotatable bonds is 4. The first-order valence-electron chi connectivity index (χ1n) is 8.06. The van der Waals surface area contributed by atoms with Crippen molar-refractivity contribution in [1.82, 2.24) is 19.6 Å². The lowest BCUT2D eigenvalue weighted by Crippen LogP contribution is -2.55. The molecule has 8 heteroatoms. The summed E-state index contributed by atoms with van der Waals surface area (Å²) in [7, 11) is 1.29. The van der Waals surface area contributed by atoms with E-state index in [-0.39, 0.29) is 17.9 Å². The lowest BCUT2D eigenvalue weighted by molar-refractivity contribution is -0.146. The maximum atomic E-state index is 12.4. The lowest BCUT2D eigenvalue weighted by Gasteiger charge is -2.34. The molecule has 0 spiro atoms. The predicted octanol–water partition coefficient (Wildman–Crippen LogP) is -0.134. The molecule has 1 amide bonds. The second-order valence-corrected chi connectivity index (χ2v) is 6.00. The van der Waals surface area contributed by atoms with Crippen molar-refractivity contribution in [1.29, 1.82) is 0 Å². The molecule has 0 unspecified atom stereocenters. The molecule has 0 radical (unpaired) electrons. The van der Waals surface area contributed by atoms with Gasteiger partial charge in [-0.1, -0.05) is 6.07 Å². The van der Waals surface area contributed by atoms with Gasteiger partial charge < -0.3 is 10.1 Å². The van der Waals surface area contributed by atoms with E-state index in [0.29, 0.717) is 31.0 Å². The minimum Gasteiger partial charge on any atom is -0.469 e. The fourth-order valence-corrected chi connectivity index (χ4v) is 3.07. The molecule has 25 heavy (non-hydrogen) atoms. The van der Waals surface area contributed by atoms with Crippen molar-refractivity contribution < 1.29 is 14.3 Å². The number of carbonyl (C=O) groups is 2. The number of esters is 1. The number of carbonyl (C=O) groups excluding carboxylic acids is 2. The van der Waals surface area contributed by atoms with Gasteiger partial charge >= 0.3 is 5.97 Å². The van der Waals surface area contributed by atoms with Crippen molar-refractivity contribution in [3.63, 3.8) is 0 Å². The van der Waals surface area contributed by atoms with Gasteiger partial charge in [0.2, 0.25) is 5.91 Å². The van der Waals surface area contributed by atoms with Crippen LogP contribution in [-0.2, 0) is 20.9 Å². The van der Waals surface area contributed by atoms with E-state index in [1.807, 2.05) is 24.0 Å². The molecule has 3 heterocycles. The standard InChI is InChI=1S/C17H20N4O4/c1-11-4-3-5-14-19-12(8-15(22)21(11)14)10-20-7-6-18-17(24)13(20)9-16(23)25-2/h3-5,8,13H,6-7,9-10H2,1-2H3,(H,18,24)/t13-/m0/s1. The normalized spacial score (nSPS) is 18.2. The van der Waals surface area contributed by atoms with E-state index >= 15 is 0 Å². The van der Waals surface area contributed by atoms with Crippen molar-refractivity contribution in [2.75, 3.05) is 20.2 Å². The number of hydrogen-bond acceptors (Lipinski definition) is 6. The van der Waals surface area contributed by atoms with Crippen LogP contribution in [0, 0.1) is 6.92 Å². The number of amides is 1. The van der Waals surface area contributed by atoms with Crippen LogP contribution >= 0.6 is 0 Å². The molecule has 132 valence electrons. The van der Waals surface area contributed by atoms with Gasteiger partial charge in [-0.05, 0) is 19.1 Å². The van der Waals surface area contributed by atoms with Crippen LogP contribution in [0.1, 0.15) is 17.8 Å². The first-order valence-corrected chi connectivity index (χ1v) is 8.06. The minimum atomic E-state index is -0.626. The van der Waals surface area contributed by atoms with Crippen LogP contribution in [-0.4, -0.2) is 52.4 Å². The van der Waals surface area contributed by atoms with E-state index in [1.165, 1.54) is 13.2 Å². The van der Waals surface area contributed by atoms with Crippen LogP contribution in [0.3, 0.4) is 0 Å². The van der Waals surface area contributed by atoms with Gasteiger partial charge in [-0.2, -0.15) is 0 Å². The van der Waals surface area contributed by atoms with Gasteiger partial charge in [-0.3, -0.25) is 23.7 Å². The molecule has 1 aliphatic heterocycles. The maximum absolute atomic E-state index is 12.4. The number of methoxy groups -OCH3 is 1. The number of nitrogens with zero attached hydrogens (tertiary/aromatic N) is 3. The molecule has 0 saturated carbocycles. The molecule has 1 fully saturated rings. The quantitative estimate of drug-likeness (QED) is 0.777. The van der Waals surface area contributed by atoms with Crippen molar-refractivity contribution >= 4 is 17.5 Å². The molecule has 3 rings (SSSR count). The number of hydrogen-bond donors (Lipinski definition) is 1. The van der Waals surface area contributed by atoms with E-state index in [9.17, 15) is 14.4 Å². The smallest absolute Gasteiger partial charge is 0.307 e. The number of ether oxygens (including phenoxy) is 1. The third kappa shape index (κ3) is 3.53. The SMILES string of the molecule is COC(=O)C[C@H]1C(=O)NCCN1Cc1cc(=O)n2c(C)cccc2n1. The Morgan fingerprint density at radius 2 is 2.20 bits per heavy atom. The van der Waals surface area contributed by atoms with Crippen molar-refractivity contribution in [2.24, 2.45) is 0 Å². The fourth-order valence-electron chi connectivity index (χ4n) is 3.07. The molecule has 2 aromatic rings. The summed E-state index contributed by atoms with van der Waals surface area (Å²) in [5.74, 6) is -0.667. The highest BCUT2D eigenvalue weighted by Gasteiger charge is 2.32. The van der Waals surface area contributed by atoms with Crippen LogP contribution < -0.4 is 10.9 Å². The Bertz CT molecular complexity index is 877. The number of aryl methyl sites for hydroxylation is 1. The first kappa shape index (κ1) is 17.1. The summed E-state index contributed by atoms with van der Waals surface area (Å²) in [4.78, 5) is 42.5. The van der Waals surface area contributed by atoms with Gasteiger partial charge in [0.15, 0.2) is 0 Å². The highest BCUT2D eigenvalue weighted by molar-refractivity contribution is 5.87. The zero-order valence-electron chi connectivity index (χ0n) is 14.2. The van der Waals surface area contributed by atoms with Gasteiger partial charge in [-0.15, -0.1) is 0 Å². The van der Waals surface area contributed by atoms with Crippen molar-refractivity contribution in [3.8, 4) is 0 Å². The number of fused-ring (bicyclic) bond motifs is 1. The zero-order chi connectivity index (χ0) is 18.0. The second kappa shape index (κ2) is 7.02. The molecule has 1 N–H and O–H groups in total. The van der Waals surface area contributed by atoms with Crippen LogP contribution in [0.25, 0.3) is 5.65 Å². The molecule has 1 atom stereocenters. The van der Waals surface area contributed by atoms with E-state index in [0.717, 1.165) is 5.69 Å². The number of pyridine rings is 1. The molecule has 1 aliphatic rings. The molecule has 0 aliphatic carbocycles. The van der Waals surface area contributed by atoms with Gasteiger partial charge in [0.25, 0.3) is 5.56 Å². The van der Waals surface area contributed by atoms with Gasteiger partial charge in [-0.25, -0.2) is 4.98 Å². The Kier molecular flexibility index (Phi) is 4.80. The average molecular weight is 344 g/mol. The maximum Gasteiger partial charge on any atom is 0.307 e. The van der Waals surface area contributed by atoms with E-state index < -0.39 is 12.0 Å². The monoisotopic (exact) mass is 344 g/mol. The lowest BCUT2D eigenvalue weighted by atomic mass is 10.1. The van der Waals surface area contributed by atoms with E-state index in [2.05, 4.69) is 15.0 Å². The third-order valence-corrected chi connectivity index (χ3v) is 4.33. The molecule has 2 aromatic heterocycles. The highest BCUT2D eigenvalue weighted by atomic mass is 16.5. The zero-order valence-corrected chi connectivity index (χ0v) is 14.2. The van der Waals surface area contributed by atoms with E-state index in [4.69, 9.17) is 0 Å². The van der Waals surface area contributed by atoms with Crippen LogP contribution in [0.2, 0.25) is 0 Å². The predicted molar refractivity (Wildman–Crippen MR) is 90.0 cm³/mol. The highest BCUT2D eigenvalue weighted by Crippen LogP contribution is 2.13. The van der Waals surface area contributed by atoms with E-state index in [1.54, 1.807) is 10.5 Å². The summed E-state index contributed by atoms with van der Waals surface area (Å²) < 4.78 is 6.22. The second-order valence-electron chi connectivity index (χ2n) is 6.00. The Hall–Kier alpha value is -2.74. The largest absolute Gasteiger partial charge is 0.469 e. The Balaban J connectivity index is 1.89. The Morgan fingerprint density at radius 3 is 2.96 bits per heavy atom. The molecule has 1 saturated heterocycles.